The fourth-order valence-electron chi connectivity index (χ4n) is 2.12. The molecule has 0 aliphatic carbocycles. The van der Waals surface area contributed by atoms with Crippen LogP contribution in [0.2, 0.25) is 0 Å². The molecule has 1 unspecified atom stereocenters. The number of thiophene rings is 1. The third-order valence-electron chi connectivity index (χ3n) is 3.29. The van der Waals surface area contributed by atoms with Gasteiger partial charge in [0.15, 0.2) is 0 Å². The van der Waals surface area contributed by atoms with Crippen LogP contribution < -0.4 is 4.72 Å². The predicted molar refractivity (Wildman–Crippen MR) is 76.9 cm³/mol. The van der Waals surface area contributed by atoms with Crippen molar-refractivity contribution < 1.29 is 13.2 Å². The topological polar surface area (TPSA) is 58.6 Å². The van der Waals surface area contributed by atoms with Crippen LogP contribution in [0, 0.1) is 0 Å². The summed E-state index contributed by atoms with van der Waals surface area (Å²) in [6.07, 6.45) is 0. The predicted octanol–water partition coefficient (Wildman–Crippen LogP) is 1.06. The average molecular weight is 304 g/mol. The van der Waals surface area contributed by atoms with Crippen LogP contribution in [0.3, 0.4) is 0 Å². The zero-order valence-electron chi connectivity index (χ0n) is 11.0. The number of nitrogens with zero attached hydrogens (tertiary/aromatic N) is 1. The van der Waals surface area contributed by atoms with Crippen LogP contribution >= 0.6 is 11.3 Å². The number of ether oxygens (including phenoxy) is 1. The Hall–Kier alpha value is -0.470. The molecule has 108 valence electrons. The molecule has 0 aromatic carbocycles. The summed E-state index contributed by atoms with van der Waals surface area (Å²) in [6.45, 7) is 5.18. The van der Waals surface area contributed by atoms with Crippen LogP contribution in [-0.2, 0) is 14.8 Å². The summed E-state index contributed by atoms with van der Waals surface area (Å²) >= 11 is 1.64. The molecular weight excluding hydrogens is 284 g/mol. The Balaban J connectivity index is 2.06. The highest BCUT2D eigenvalue weighted by Crippen LogP contribution is 2.23. The standard InChI is InChI=1S/C12H20N2O3S2/c1-2-19(15,16)13-9-12(11-3-8-18-10-11)14-4-6-17-7-5-14/h3,8,10,12-13H,2,4-7,9H2,1H3. The Morgan fingerprint density at radius 2 is 2.21 bits per heavy atom. The molecule has 1 N–H and O–H groups in total. The van der Waals surface area contributed by atoms with E-state index in [-0.39, 0.29) is 11.8 Å². The lowest BCUT2D eigenvalue weighted by Crippen LogP contribution is -2.43. The highest BCUT2D eigenvalue weighted by molar-refractivity contribution is 7.89. The lowest BCUT2D eigenvalue weighted by atomic mass is 10.1. The minimum absolute atomic E-state index is 0.0940. The van der Waals surface area contributed by atoms with Gasteiger partial charge in [0.05, 0.1) is 19.0 Å². The molecule has 1 fully saturated rings. The smallest absolute Gasteiger partial charge is 0.211 e. The largest absolute Gasteiger partial charge is 0.379 e. The number of hydrogen-bond acceptors (Lipinski definition) is 5. The number of morpholine rings is 1. The Morgan fingerprint density at radius 1 is 1.47 bits per heavy atom. The summed E-state index contributed by atoms with van der Waals surface area (Å²) in [5.41, 5.74) is 1.17. The van der Waals surface area contributed by atoms with E-state index in [1.807, 2.05) is 5.38 Å². The van der Waals surface area contributed by atoms with Gasteiger partial charge in [0.1, 0.15) is 0 Å². The van der Waals surface area contributed by atoms with Gasteiger partial charge in [-0.1, -0.05) is 0 Å². The van der Waals surface area contributed by atoms with Crippen molar-refractivity contribution in [1.82, 2.24) is 9.62 Å². The van der Waals surface area contributed by atoms with Crippen LogP contribution in [0.15, 0.2) is 16.8 Å². The second-order valence-corrected chi connectivity index (χ2v) is 7.35. The summed E-state index contributed by atoms with van der Waals surface area (Å²) < 4.78 is 31.3. The van der Waals surface area contributed by atoms with Gasteiger partial charge in [0.25, 0.3) is 0 Å². The molecule has 1 atom stereocenters. The van der Waals surface area contributed by atoms with Crippen molar-refractivity contribution in [2.75, 3.05) is 38.6 Å². The van der Waals surface area contributed by atoms with Gasteiger partial charge in [0.2, 0.25) is 10.0 Å². The zero-order chi connectivity index (χ0) is 13.7. The molecule has 1 aliphatic heterocycles. The van der Waals surface area contributed by atoms with Gasteiger partial charge < -0.3 is 4.74 Å². The Kier molecular flexibility index (Phi) is 5.35. The van der Waals surface area contributed by atoms with E-state index in [0.717, 1.165) is 13.1 Å². The maximum atomic E-state index is 11.6. The molecule has 0 amide bonds. The fraction of sp³-hybridized carbons (Fsp3) is 0.667. The van der Waals surface area contributed by atoms with Gasteiger partial charge in [-0.3, -0.25) is 4.90 Å². The maximum Gasteiger partial charge on any atom is 0.211 e. The molecule has 19 heavy (non-hydrogen) atoms. The van der Waals surface area contributed by atoms with Crippen LogP contribution in [0.5, 0.6) is 0 Å². The minimum Gasteiger partial charge on any atom is -0.379 e. The van der Waals surface area contributed by atoms with E-state index in [0.29, 0.717) is 19.8 Å². The van der Waals surface area contributed by atoms with Crippen LogP contribution in [-0.4, -0.2) is 51.9 Å². The lowest BCUT2D eigenvalue weighted by molar-refractivity contribution is 0.0173. The van der Waals surface area contributed by atoms with Crippen molar-refractivity contribution in [2.24, 2.45) is 0 Å². The summed E-state index contributed by atoms with van der Waals surface area (Å²) in [7, 11) is -3.15. The fourth-order valence-corrected chi connectivity index (χ4v) is 3.44. The molecule has 5 nitrogen and oxygen atoms in total. The molecule has 0 radical (unpaired) electrons. The van der Waals surface area contributed by atoms with Gasteiger partial charge >= 0.3 is 0 Å². The Labute approximate surface area is 118 Å². The van der Waals surface area contributed by atoms with Gasteiger partial charge in [-0.25, -0.2) is 13.1 Å². The minimum atomic E-state index is -3.15. The van der Waals surface area contributed by atoms with Gasteiger partial charge in [-0.05, 0) is 29.3 Å². The van der Waals surface area contributed by atoms with Crippen LogP contribution in [0.25, 0.3) is 0 Å². The van der Waals surface area contributed by atoms with E-state index in [9.17, 15) is 8.42 Å². The quantitative estimate of drug-likeness (QED) is 0.854. The Bertz CT molecular complexity index is 467. The lowest BCUT2D eigenvalue weighted by Gasteiger charge is -2.34. The third-order valence-corrected chi connectivity index (χ3v) is 5.36. The monoisotopic (exact) mass is 304 g/mol. The first-order valence-electron chi connectivity index (χ1n) is 6.43. The highest BCUT2D eigenvalue weighted by Gasteiger charge is 2.24. The normalized spacial score (nSPS) is 19.4. The second kappa shape index (κ2) is 6.81. The molecule has 0 saturated carbocycles. The van der Waals surface area contributed by atoms with Crippen molar-refractivity contribution >= 4 is 21.4 Å². The van der Waals surface area contributed by atoms with E-state index >= 15 is 0 Å². The molecule has 7 heteroatoms. The molecule has 0 bridgehead atoms. The van der Waals surface area contributed by atoms with Crippen molar-refractivity contribution in [3.63, 3.8) is 0 Å². The molecule has 0 spiro atoms. The number of rotatable bonds is 6. The maximum absolute atomic E-state index is 11.6. The van der Waals surface area contributed by atoms with E-state index in [1.54, 1.807) is 18.3 Å². The van der Waals surface area contributed by atoms with Gasteiger partial charge in [0, 0.05) is 25.7 Å². The molecular formula is C12H20N2O3S2. The first-order chi connectivity index (χ1) is 9.12. The van der Waals surface area contributed by atoms with E-state index < -0.39 is 10.0 Å². The summed E-state index contributed by atoms with van der Waals surface area (Å²) in [5.74, 6) is 0.118. The average Bonchev–Trinajstić information content (AvgIpc) is 2.94. The van der Waals surface area contributed by atoms with Crippen molar-refractivity contribution in [2.45, 2.75) is 13.0 Å². The van der Waals surface area contributed by atoms with Crippen molar-refractivity contribution in [3.8, 4) is 0 Å². The second-order valence-electron chi connectivity index (χ2n) is 4.47. The van der Waals surface area contributed by atoms with Crippen molar-refractivity contribution in [1.29, 1.82) is 0 Å². The Morgan fingerprint density at radius 3 is 2.79 bits per heavy atom. The SMILES string of the molecule is CCS(=O)(=O)NCC(c1ccsc1)N1CCOCC1. The van der Waals surface area contributed by atoms with E-state index in [1.165, 1.54) is 5.56 Å². The molecule has 1 aromatic heterocycles. The highest BCUT2D eigenvalue weighted by atomic mass is 32.2. The molecule has 2 heterocycles. The van der Waals surface area contributed by atoms with Gasteiger partial charge in [-0.15, -0.1) is 0 Å². The summed E-state index contributed by atoms with van der Waals surface area (Å²) in [5, 5.41) is 4.11. The first-order valence-corrected chi connectivity index (χ1v) is 9.03. The van der Waals surface area contributed by atoms with Crippen LogP contribution in [0.4, 0.5) is 0 Å². The van der Waals surface area contributed by atoms with E-state index in [4.69, 9.17) is 4.74 Å². The number of sulfonamides is 1. The molecule has 1 aliphatic rings. The number of hydrogen-bond donors (Lipinski definition) is 1. The van der Waals surface area contributed by atoms with Crippen molar-refractivity contribution in [3.05, 3.63) is 22.4 Å². The van der Waals surface area contributed by atoms with Gasteiger partial charge in [-0.2, -0.15) is 11.3 Å². The zero-order valence-corrected chi connectivity index (χ0v) is 12.7. The van der Waals surface area contributed by atoms with Crippen LogP contribution in [0.1, 0.15) is 18.5 Å². The van der Waals surface area contributed by atoms with E-state index in [2.05, 4.69) is 21.1 Å². The third kappa shape index (κ3) is 4.25. The summed E-state index contributed by atoms with van der Waals surface area (Å²) in [4.78, 5) is 2.28. The molecule has 2 rings (SSSR count). The summed E-state index contributed by atoms with van der Waals surface area (Å²) in [6, 6.07) is 2.15. The molecule has 1 saturated heterocycles. The number of nitrogens with one attached hydrogen (secondary N) is 1. The first kappa shape index (κ1) is 14.9. The molecule has 1 aromatic rings.